The van der Waals surface area contributed by atoms with Crippen molar-refractivity contribution in [1.82, 2.24) is 5.32 Å². The minimum atomic E-state index is 0.512. The summed E-state index contributed by atoms with van der Waals surface area (Å²) >= 11 is 2.44. The van der Waals surface area contributed by atoms with Crippen LogP contribution in [0.5, 0.6) is 0 Å². The van der Waals surface area contributed by atoms with Crippen LogP contribution >= 0.6 is 22.6 Å². The van der Waals surface area contributed by atoms with Crippen LogP contribution in [0.4, 0.5) is 0 Å². The first-order valence-electron chi connectivity index (χ1n) is 3.84. The van der Waals surface area contributed by atoms with Crippen molar-refractivity contribution in [1.29, 1.82) is 0 Å². The van der Waals surface area contributed by atoms with Crippen LogP contribution in [0.2, 0.25) is 0 Å². The van der Waals surface area contributed by atoms with E-state index in [-0.39, 0.29) is 0 Å². The molecule has 0 saturated heterocycles. The number of hydrogen-bond donors (Lipinski definition) is 1. The molecule has 11 heavy (non-hydrogen) atoms. The van der Waals surface area contributed by atoms with Crippen molar-refractivity contribution in [2.24, 2.45) is 0 Å². The van der Waals surface area contributed by atoms with E-state index in [9.17, 15) is 0 Å². The van der Waals surface area contributed by atoms with Crippen molar-refractivity contribution in [2.75, 3.05) is 0 Å². The first-order valence-corrected chi connectivity index (χ1v) is 5.09. The summed E-state index contributed by atoms with van der Waals surface area (Å²) in [6, 6.07) is 0. The Labute approximate surface area is 80.4 Å². The molecule has 2 aliphatic rings. The van der Waals surface area contributed by atoms with Gasteiger partial charge in [0.1, 0.15) is 4.05 Å². The van der Waals surface area contributed by atoms with E-state index in [2.05, 4.69) is 46.1 Å². The predicted molar refractivity (Wildman–Crippen MR) is 55.5 cm³/mol. The number of dihydropyridines is 1. The lowest BCUT2D eigenvalue weighted by atomic mass is 9.96. The normalized spacial score (nSPS) is 28.3. The van der Waals surface area contributed by atoms with Crippen LogP contribution in [0.1, 0.15) is 12.8 Å². The van der Waals surface area contributed by atoms with Crippen LogP contribution in [0.25, 0.3) is 0 Å². The smallest absolute Gasteiger partial charge is 0.100 e. The minimum absolute atomic E-state index is 0.512. The van der Waals surface area contributed by atoms with Crippen molar-refractivity contribution in [2.45, 2.75) is 16.9 Å². The van der Waals surface area contributed by atoms with Gasteiger partial charge in [-0.1, -0.05) is 34.7 Å². The third kappa shape index (κ3) is 1.36. The standard InChI is InChI=1S/C9H10IN/c10-9-8-4-2-1-3-7(8)5-6-11-9/h1,3,5-6,9,11H,2,4H2. The molecule has 1 heterocycles. The topological polar surface area (TPSA) is 12.0 Å². The van der Waals surface area contributed by atoms with Gasteiger partial charge in [0, 0.05) is 0 Å². The summed E-state index contributed by atoms with van der Waals surface area (Å²) in [6.07, 6.45) is 11.1. The average Bonchev–Trinajstić information content (AvgIpc) is 2.06. The molecule has 1 N–H and O–H groups in total. The largest absolute Gasteiger partial charge is 0.376 e. The Hall–Kier alpha value is -0.250. The van der Waals surface area contributed by atoms with Crippen LogP contribution < -0.4 is 5.32 Å². The molecule has 0 aromatic rings. The number of nitrogens with one attached hydrogen (secondary N) is 1. The van der Waals surface area contributed by atoms with Gasteiger partial charge in [0.05, 0.1) is 0 Å². The third-order valence-corrected chi connectivity index (χ3v) is 3.17. The van der Waals surface area contributed by atoms with Crippen LogP contribution in [-0.4, -0.2) is 4.05 Å². The van der Waals surface area contributed by atoms with Crippen LogP contribution in [0, 0.1) is 0 Å². The van der Waals surface area contributed by atoms with E-state index < -0.39 is 0 Å². The number of halogens is 1. The maximum Gasteiger partial charge on any atom is 0.100 e. The third-order valence-electron chi connectivity index (χ3n) is 2.06. The van der Waals surface area contributed by atoms with Gasteiger partial charge in [-0.2, -0.15) is 0 Å². The van der Waals surface area contributed by atoms with Crippen molar-refractivity contribution < 1.29 is 0 Å². The molecule has 1 unspecified atom stereocenters. The zero-order valence-corrected chi connectivity index (χ0v) is 8.34. The number of allylic oxidation sites excluding steroid dienone is 4. The fraction of sp³-hybridized carbons (Fsp3) is 0.333. The highest BCUT2D eigenvalue weighted by Crippen LogP contribution is 2.27. The molecule has 0 amide bonds. The molecule has 0 aromatic heterocycles. The minimum Gasteiger partial charge on any atom is -0.376 e. The van der Waals surface area contributed by atoms with Crippen LogP contribution in [0.15, 0.2) is 35.6 Å². The maximum absolute atomic E-state index is 3.30. The van der Waals surface area contributed by atoms with Gasteiger partial charge in [-0.25, -0.2) is 0 Å². The molecule has 1 atom stereocenters. The lowest BCUT2D eigenvalue weighted by Crippen LogP contribution is -2.24. The predicted octanol–water partition coefficient (Wildman–Crippen LogP) is 2.51. The summed E-state index contributed by atoms with van der Waals surface area (Å²) in [4.78, 5) is 0. The van der Waals surface area contributed by atoms with Gasteiger partial charge < -0.3 is 5.32 Å². The second-order valence-corrected chi connectivity index (χ2v) is 4.03. The van der Waals surface area contributed by atoms with Gasteiger partial charge in [0.15, 0.2) is 0 Å². The van der Waals surface area contributed by atoms with Gasteiger partial charge >= 0.3 is 0 Å². The summed E-state index contributed by atoms with van der Waals surface area (Å²) in [7, 11) is 0. The zero-order chi connectivity index (χ0) is 7.68. The fourth-order valence-corrected chi connectivity index (χ4v) is 2.34. The molecule has 0 radical (unpaired) electrons. The Morgan fingerprint density at radius 3 is 3.18 bits per heavy atom. The van der Waals surface area contributed by atoms with Crippen molar-refractivity contribution in [3.8, 4) is 0 Å². The van der Waals surface area contributed by atoms with E-state index in [0.29, 0.717) is 4.05 Å². The zero-order valence-electron chi connectivity index (χ0n) is 6.18. The van der Waals surface area contributed by atoms with Gasteiger partial charge in [0.2, 0.25) is 0 Å². The summed E-state index contributed by atoms with van der Waals surface area (Å²) in [5.41, 5.74) is 2.96. The molecule has 0 saturated carbocycles. The van der Waals surface area contributed by atoms with Crippen molar-refractivity contribution in [3.05, 3.63) is 35.6 Å². The first kappa shape index (κ1) is 7.40. The Bertz CT molecular complexity index is 246. The highest BCUT2D eigenvalue weighted by atomic mass is 127. The Kier molecular flexibility index (Phi) is 2.02. The molecular formula is C9H10IN. The summed E-state index contributed by atoms with van der Waals surface area (Å²) in [6.45, 7) is 0. The monoisotopic (exact) mass is 259 g/mol. The number of rotatable bonds is 0. The van der Waals surface area contributed by atoms with Crippen molar-refractivity contribution >= 4 is 22.6 Å². The van der Waals surface area contributed by atoms with Gasteiger partial charge in [0.25, 0.3) is 0 Å². The number of alkyl halides is 1. The highest BCUT2D eigenvalue weighted by molar-refractivity contribution is 14.1. The second-order valence-electron chi connectivity index (χ2n) is 2.78. The lowest BCUT2D eigenvalue weighted by molar-refractivity contribution is 0.801. The molecule has 0 bridgehead atoms. The first-order chi connectivity index (χ1) is 5.38. The average molecular weight is 259 g/mol. The SMILES string of the molecule is IC1NC=CC2=C1CCC=C2. The van der Waals surface area contributed by atoms with E-state index in [1.54, 1.807) is 5.57 Å². The van der Waals surface area contributed by atoms with Crippen LogP contribution in [0.3, 0.4) is 0 Å². The van der Waals surface area contributed by atoms with Gasteiger partial charge in [-0.15, -0.1) is 0 Å². The molecular weight excluding hydrogens is 249 g/mol. The van der Waals surface area contributed by atoms with Gasteiger partial charge in [-0.3, -0.25) is 0 Å². The van der Waals surface area contributed by atoms with Crippen molar-refractivity contribution in [3.63, 3.8) is 0 Å². The summed E-state index contributed by atoms with van der Waals surface area (Å²) in [5.74, 6) is 0. The van der Waals surface area contributed by atoms with E-state index in [0.717, 1.165) is 0 Å². The summed E-state index contributed by atoms with van der Waals surface area (Å²) < 4.78 is 0.512. The molecule has 0 aromatic carbocycles. The van der Waals surface area contributed by atoms with E-state index >= 15 is 0 Å². The Morgan fingerprint density at radius 1 is 1.45 bits per heavy atom. The molecule has 2 heteroatoms. The van der Waals surface area contributed by atoms with Crippen LogP contribution in [-0.2, 0) is 0 Å². The van der Waals surface area contributed by atoms with E-state index in [1.165, 1.54) is 18.4 Å². The molecule has 58 valence electrons. The van der Waals surface area contributed by atoms with E-state index in [1.807, 2.05) is 6.20 Å². The highest BCUT2D eigenvalue weighted by Gasteiger charge is 2.16. The maximum atomic E-state index is 3.30. The Morgan fingerprint density at radius 2 is 2.36 bits per heavy atom. The second kappa shape index (κ2) is 3.01. The number of hydrogen-bond acceptors (Lipinski definition) is 1. The molecule has 1 aliphatic heterocycles. The molecule has 1 aliphatic carbocycles. The molecule has 0 spiro atoms. The lowest BCUT2D eigenvalue weighted by Gasteiger charge is -2.23. The quantitative estimate of drug-likeness (QED) is 0.400. The summed E-state index contributed by atoms with van der Waals surface area (Å²) in [5, 5.41) is 3.30. The van der Waals surface area contributed by atoms with E-state index in [4.69, 9.17) is 0 Å². The Balaban J connectivity index is 2.35. The van der Waals surface area contributed by atoms with Gasteiger partial charge in [-0.05, 0) is 36.3 Å². The molecule has 0 fully saturated rings. The molecule has 1 nitrogen and oxygen atoms in total. The molecule has 2 rings (SSSR count). The fourth-order valence-electron chi connectivity index (χ4n) is 1.46.